The number of nitrogens with zero attached hydrogens (tertiary/aromatic N) is 5. The number of anilines is 1. The fourth-order valence-electron chi connectivity index (χ4n) is 5.00. The zero-order chi connectivity index (χ0) is 25.2. The number of aromatic nitrogens is 2. The molecular formula is C26H26FN7O2. The highest BCUT2D eigenvalue weighted by atomic mass is 19.1. The summed E-state index contributed by atoms with van der Waals surface area (Å²) in [7, 11) is 0. The van der Waals surface area contributed by atoms with Crippen molar-refractivity contribution in [1.82, 2.24) is 19.8 Å². The minimum Gasteiger partial charge on any atom is -0.380 e. The number of nitriles is 1. The van der Waals surface area contributed by atoms with Crippen LogP contribution in [-0.2, 0) is 4.79 Å². The summed E-state index contributed by atoms with van der Waals surface area (Å²) in [6.45, 7) is 1.47. The van der Waals surface area contributed by atoms with Gasteiger partial charge in [-0.3, -0.25) is 19.5 Å². The molecule has 10 heteroatoms. The van der Waals surface area contributed by atoms with Crippen LogP contribution in [0.5, 0.6) is 0 Å². The second-order valence-electron chi connectivity index (χ2n) is 9.24. The number of primary amides is 1. The summed E-state index contributed by atoms with van der Waals surface area (Å²) in [6.07, 6.45) is 3.12. The minimum atomic E-state index is -1.14. The van der Waals surface area contributed by atoms with Crippen LogP contribution < -0.4 is 11.1 Å². The Hall–Kier alpha value is -4.10. The smallest absolute Gasteiger partial charge is 0.250 e. The van der Waals surface area contributed by atoms with Gasteiger partial charge in [-0.25, -0.2) is 9.37 Å². The summed E-state index contributed by atoms with van der Waals surface area (Å²) in [4.78, 5) is 36.9. The van der Waals surface area contributed by atoms with Crippen LogP contribution in [0.25, 0.3) is 22.2 Å². The molecule has 2 fully saturated rings. The van der Waals surface area contributed by atoms with Crippen LogP contribution in [0.4, 0.5) is 10.1 Å². The normalized spacial score (nSPS) is 22.0. The lowest BCUT2D eigenvalue weighted by atomic mass is 10.0. The monoisotopic (exact) mass is 487 g/mol. The number of alkyl halides is 1. The van der Waals surface area contributed by atoms with Gasteiger partial charge in [0.1, 0.15) is 12.2 Å². The lowest BCUT2D eigenvalue weighted by molar-refractivity contribution is -0.132. The van der Waals surface area contributed by atoms with E-state index >= 15 is 0 Å². The summed E-state index contributed by atoms with van der Waals surface area (Å²) in [5.41, 5.74) is 8.91. The predicted molar refractivity (Wildman–Crippen MR) is 133 cm³/mol. The van der Waals surface area contributed by atoms with Crippen molar-refractivity contribution < 1.29 is 14.0 Å². The van der Waals surface area contributed by atoms with Gasteiger partial charge in [-0.1, -0.05) is 0 Å². The van der Waals surface area contributed by atoms with E-state index in [-0.39, 0.29) is 31.5 Å². The van der Waals surface area contributed by atoms with Crippen molar-refractivity contribution in [2.75, 3.05) is 31.5 Å². The molecule has 3 aromatic rings. The zero-order valence-electron chi connectivity index (χ0n) is 19.6. The Labute approximate surface area is 207 Å². The van der Waals surface area contributed by atoms with Crippen LogP contribution >= 0.6 is 0 Å². The molecule has 2 aliphatic heterocycles. The number of nitrogens with two attached hydrogens (primary N) is 1. The third-order valence-corrected chi connectivity index (χ3v) is 6.81. The van der Waals surface area contributed by atoms with E-state index in [1.165, 1.54) is 4.90 Å². The molecule has 9 nitrogen and oxygen atoms in total. The Morgan fingerprint density at radius 2 is 1.97 bits per heavy atom. The van der Waals surface area contributed by atoms with Crippen LogP contribution in [0, 0.1) is 11.3 Å². The molecule has 2 aromatic heterocycles. The van der Waals surface area contributed by atoms with Crippen LogP contribution in [0.1, 0.15) is 23.2 Å². The first kappa shape index (κ1) is 23.6. The average molecular weight is 488 g/mol. The minimum absolute atomic E-state index is 0.0146. The van der Waals surface area contributed by atoms with E-state index in [0.717, 1.165) is 23.1 Å². The molecule has 2 amide bonds. The summed E-state index contributed by atoms with van der Waals surface area (Å²) in [5.74, 6) is -0.768. The Kier molecular flexibility index (Phi) is 6.48. The molecule has 0 bridgehead atoms. The molecule has 1 aromatic carbocycles. The van der Waals surface area contributed by atoms with Gasteiger partial charge in [-0.15, -0.1) is 0 Å². The van der Waals surface area contributed by atoms with Crippen molar-refractivity contribution >= 4 is 28.4 Å². The van der Waals surface area contributed by atoms with Gasteiger partial charge in [0.05, 0.1) is 35.9 Å². The lowest BCUT2D eigenvalue weighted by Gasteiger charge is -2.23. The summed E-state index contributed by atoms with van der Waals surface area (Å²) < 4.78 is 13.7. The molecule has 2 saturated heterocycles. The van der Waals surface area contributed by atoms with Gasteiger partial charge < -0.3 is 16.0 Å². The van der Waals surface area contributed by atoms with Gasteiger partial charge in [0.25, 0.3) is 5.91 Å². The van der Waals surface area contributed by atoms with E-state index in [9.17, 15) is 19.2 Å². The Morgan fingerprint density at radius 3 is 2.72 bits per heavy atom. The third kappa shape index (κ3) is 4.70. The number of likely N-dealkylation sites (tertiary alicyclic amines) is 2. The van der Waals surface area contributed by atoms with Gasteiger partial charge in [0.2, 0.25) is 5.91 Å². The quantitative estimate of drug-likeness (QED) is 0.546. The second kappa shape index (κ2) is 9.87. The highest BCUT2D eigenvalue weighted by molar-refractivity contribution is 6.08. The number of rotatable bonds is 6. The maximum absolute atomic E-state index is 13.7. The van der Waals surface area contributed by atoms with Crippen molar-refractivity contribution in [3.8, 4) is 17.3 Å². The Bertz CT molecular complexity index is 1340. The summed E-state index contributed by atoms with van der Waals surface area (Å²) >= 11 is 0. The number of carbonyl (C=O) groups excluding carboxylic acids is 2. The van der Waals surface area contributed by atoms with E-state index in [4.69, 9.17) is 10.7 Å². The highest BCUT2D eigenvalue weighted by Gasteiger charge is 2.36. The van der Waals surface area contributed by atoms with E-state index < -0.39 is 18.1 Å². The SMILES string of the molecule is N#C[C@@H]1C[C@H](F)CN1C(=O)CN1CC[C@H](Nc2ccc(C(N)=O)c3nc(-c4ccncc4)ccc23)C1. The predicted octanol–water partition coefficient (Wildman–Crippen LogP) is 2.34. The molecule has 5 rings (SSSR count). The number of amides is 2. The molecule has 4 heterocycles. The van der Waals surface area contributed by atoms with Crippen molar-refractivity contribution in [3.05, 3.63) is 54.4 Å². The molecular weight excluding hydrogens is 461 g/mol. The van der Waals surface area contributed by atoms with Crippen molar-refractivity contribution in [2.24, 2.45) is 5.73 Å². The summed E-state index contributed by atoms with van der Waals surface area (Å²) in [6, 6.07) is 12.4. The molecule has 0 aliphatic carbocycles. The number of hydrogen-bond acceptors (Lipinski definition) is 7. The van der Waals surface area contributed by atoms with E-state index in [2.05, 4.69) is 10.3 Å². The van der Waals surface area contributed by atoms with Crippen molar-refractivity contribution in [3.63, 3.8) is 0 Å². The number of nitrogens with one attached hydrogen (secondary N) is 1. The highest BCUT2D eigenvalue weighted by Crippen LogP contribution is 2.30. The molecule has 0 saturated carbocycles. The molecule has 184 valence electrons. The lowest BCUT2D eigenvalue weighted by Crippen LogP contribution is -2.42. The second-order valence-corrected chi connectivity index (χ2v) is 9.24. The number of hydrogen-bond donors (Lipinski definition) is 2. The fourth-order valence-corrected chi connectivity index (χ4v) is 5.00. The first-order valence-electron chi connectivity index (χ1n) is 11.9. The Morgan fingerprint density at radius 1 is 1.17 bits per heavy atom. The molecule has 36 heavy (non-hydrogen) atoms. The molecule has 3 N–H and O–H groups in total. The molecule has 0 unspecified atom stereocenters. The van der Waals surface area contributed by atoms with Crippen LogP contribution in [0.15, 0.2) is 48.8 Å². The van der Waals surface area contributed by atoms with E-state index in [1.54, 1.807) is 18.5 Å². The van der Waals surface area contributed by atoms with Gasteiger partial charge in [0, 0.05) is 54.6 Å². The summed E-state index contributed by atoms with van der Waals surface area (Å²) in [5, 5.41) is 13.5. The first-order chi connectivity index (χ1) is 17.4. The standard InChI is InChI=1S/C26H26FN7O2/c27-17-11-19(12-28)34(13-17)24(35)15-33-10-7-18(14-33)31-23-4-2-21(26(29)36)25-20(23)1-3-22(32-25)16-5-8-30-9-6-16/h1-6,8-9,17-19,31H,7,10-11,13-15H2,(H2,29,36)/t17-,18-,19-/m0/s1. The van der Waals surface area contributed by atoms with E-state index in [1.807, 2.05) is 41.3 Å². The van der Waals surface area contributed by atoms with Crippen molar-refractivity contribution in [2.45, 2.75) is 31.1 Å². The maximum atomic E-state index is 13.7. The fraction of sp³-hybridized carbons (Fsp3) is 0.346. The third-order valence-electron chi connectivity index (χ3n) is 6.81. The number of benzene rings is 1. The molecule has 0 spiro atoms. The van der Waals surface area contributed by atoms with Gasteiger partial charge in [-0.05, 0) is 42.8 Å². The van der Waals surface area contributed by atoms with Gasteiger partial charge in [0.15, 0.2) is 0 Å². The average Bonchev–Trinajstić information content (AvgIpc) is 3.49. The van der Waals surface area contributed by atoms with Gasteiger partial charge >= 0.3 is 0 Å². The molecule has 2 aliphatic rings. The van der Waals surface area contributed by atoms with Crippen LogP contribution in [0.3, 0.4) is 0 Å². The first-order valence-corrected chi connectivity index (χ1v) is 11.9. The van der Waals surface area contributed by atoms with Crippen LogP contribution in [-0.4, -0.2) is 76.0 Å². The van der Waals surface area contributed by atoms with Crippen molar-refractivity contribution in [1.29, 1.82) is 5.26 Å². The maximum Gasteiger partial charge on any atom is 0.250 e. The number of pyridine rings is 2. The molecule has 0 radical (unpaired) electrons. The Balaban J connectivity index is 1.32. The number of fused-ring (bicyclic) bond motifs is 1. The molecule has 3 atom stereocenters. The zero-order valence-corrected chi connectivity index (χ0v) is 19.6. The number of carbonyl (C=O) groups is 2. The van der Waals surface area contributed by atoms with E-state index in [0.29, 0.717) is 29.9 Å². The number of halogens is 1. The van der Waals surface area contributed by atoms with Gasteiger partial charge in [-0.2, -0.15) is 5.26 Å². The topological polar surface area (TPSA) is 128 Å². The van der Waals surface area contributed by atoms with Crippen LogP contribution in [0.2, 0.25) is 0 Å². The largest absolute Gasteiger partial charge is 0.380 e.